The second-order valence-electron chi connectivity index (χ2n) is 6.10. The number of hydrogen-bond donors (Lipinski definition) is 1. The first-order chi connectivity index (χ1) is 8.08. The molecule has 102 valence electrons. The van der Waals surface area contributed by atoms with Gasteiger partial charge in [0.15, 0.2) is 0 Å². The van der Waals surface area contributed by atoms with E-state index in [1.165, 1.54) is 13.1 Å². The molecule has 2 unspecified atom stereocenters. The largest absolute Gasteiger partial charge is 0.380 e. The Morgan fingerprint density at radius 2 is 1.76 bits per heavy atom. The second kappa shape index (κ2) is 8.06. The van der Waals surface area contributed by atoms with Crippen LogP contribution >= 0.6 is 0 Å². The topological polar surface area (TPSA) is 24.5 Å². The van der Waals surface area contributed by atoms with Crippen molar-refractivity contribution in [3.63, 3.8) is 0 Å². The molecule has 1 saturated heterocycles. The Morgan fingerprint density at radius 1 is 1.18 bits per heavy atom. The lowest BCUT2D eigenvalue weighted by atomic mass is 10.1. The lowest BCUT2D eigenvalue weighted by Crippen LogP contribution is -2.43. The first kappa shape index (κ1) is 14.9. The van der Waals surface area contributed by atoms with Crippen LogP contribution in [0.25, 0.3) is 0 Å². The molecule has 0 spiro atoms. The highest BCUT2D eigenvalue weighted by molar-refractivity contribution is 4.72. The average Bonchev–Trinajstić information content (AvgIpc) is 2.21. The fourth-order valence-electron chi connectivity index (χ4n) is 2.36. The van der Waals surface area contributed by atoms with Gasteiger partial charge in [-0.3, -0.25) is 0 Å². The number of nitrogens with zero attached hydrogens (tertiary/aromatic N) is 1. The summed E-state index contributed by atoms with van der Waals surface area (Å²) in [4.78, 5) is 2.57. The summed E-state index contributed by atoms with van der Waals surface area (Å²) in [7, 11) is 0. The lowest BCUT2D eigenvalue weighted by Gasteiger charge is -2.31. The SMILES string of the molecule is CC(C)COCCN1CC(C)CNCC(C)C1. The van der Waals surface area contributed by atoms with E-state index in [1.807, 2.05) is 0 Å². The highest BCUT2D eigenvalue weighted by atomic mass is 16.5. The van der Waals surface area contributed by atoms with Gasteiger partial charge < -0.3 is 15.0 Å². The molecule has 0 aromatic carbocycles. The van der Waals surface area contributed by atoms with E-state index >= 15 is 0 Å². The van der Waals surface area contributed by atoms with Gasteiger partial charge in [-0.1, -0.05) is 27.7 Å². The highest BCUT2D eigenvalue weighted by Crippen LogP contribution is 2.07. The Labute approximate surface area is 107 Å². The van der Waals surface area contributed by atoms with Crippen LogP contribution in [-0.2, 0) is 4.74 Å². The summed E-state index contributed by atoms with van der Waals surface area (Å²) in [5.74, 6) is 2.13. The van der Waals surface area contributed by atoms with Gasteiger partial charge in [-0.05, 0) is 30.8 Å². The summed E-state index contributed by atoms with van der Waals surface area (Å²) in [5, 5.41) is 3.53. The van der Waals surface area contributed by atoms with Crippen LogP contribution in [0.15, 0.2) is 0 Å². The number of ether oxygens (including phenoxy) is 1. The van der Waals surface area contributed by atoms with Crippen molar-refractivity contribution in [1.82, 2.24) is 10.2 Å². The standard InChI is InChI=1S/C14H30N2O/c1-12(2)11-17-6-5-16-9-13(3)7-15-8-14(4)10-16/h12-15H,5-11H2,1-4H3. The lowest BCUT2D eigenvalue weighted by molar-refractivity contribution is 0.0741. The normalized spacial score (nSPS) is 28.1. The van der Waals surface area contributed by atoms with Crippen LogP contribution in [0.5, 0.6) is 0 Å². The van der Waals surface area contributed by atoms with Crippen LogP contribution in [0.4, 0.5) is 0 Å². The van der Waals surface area contributed by atoms with Crippen LogP contribution in [0.2, 0.25) is 0 Å². The van der Waals surface area contributed by atoms with Crippen molar-refractivity contribution >= 4 is 0 Å². The Bertz CT molecular complexity index is 185. The molecule has 0 bridgehead atoms. The summed E-state index contributed by atoms with van der Waals surface area (Å²) in [6, 6.07) is 0. The van der Waals surface area contributed by atoms with Gasteiger partial charge in [-0.25, -0.2) is 0 Å². The number of hydrogen-bond acceptors (Lipinski definition) is 3. The molecular weight excluding hydrogens is 212 g/mol. The van der Waals surface area contributed by atoms with E-state index in [0.29, 0.717) is 5.92 Å². The molecule has 0 radical (unpaired) electrons. The van der Waals surface area contributed by atoms with Crippen LogP contribution < -0.4 is 5.32 Å². The zero-order valence-electron chi connectivity index (χ0n) is 12.0. The van der Waals surface area contributed by atoms with E-state index in [0.717, 1.165) is 44.7 Å². The van der Waals surface area contributed by atoms with Gasteiger partial charge >= 0.3 is 0 Å². The molecule has 0 saturated carbocycles. The Kier molecular flexibility index (Phi) is 7.09. The predicted octanol–water partition coefficient (Wildman–Crippen LogP) is 1.84. The van der Waals surface area contributed by atoms with Crippen LogP contribution in [0.3, 0.4) is 0 Å². The first-order valence-electron chi connectivity index (χ1n) is 7.08. The first-order valence-corrected chi connectivity index (χ1v) is 7.08. The molecule has 1 heterocycles. The molecule has 3 heteroatoms. The van der Waals surface area contributed by atoms with Gasteiger partial charge in [0.2, 0.25) is 0 Å². The second-order valence-corrected chi connectivity index (χ2v) is 6.10. The predicted molar refractivity (Wildman–Crippen MR) is 73.3 cm³/mol. The van der Waals surface area contributed by atoms with Crippen molar-refractivity contribution in [2.75, 3.05) is 45.9 Å². The van der Waals surface area contributed by atoms with E-state index in [-0.39, 0.29) is 0 Å². The van der Waals surface area contributed by atoms with Gasteiger partial charge in [-0.2, -0.15) is 0 Å². The maximum absolute atomic E-state index is 5.68. The van der Waals surface area contributed by atoms with Gasteiger partial charge in [0.25, 0.3) is 0 Å². The zero-order chi connectivity index (χ0) is 12.7. The molecule has 3 nitrogen and oxygen atoms in total. The van der Waals surface area contributed by atoms with Crippen molar-refractivity contribution < 1.29 is 4.74 Å². The summed E-state index contributed by atoms with van der Waals surface area (Å²) in [5.41, 5.74) is 0. The minimum absolute atomic E-state index is 0.643. The molecule has 1 aliphatic rings. The number of rotatable bonds is 5. The maximum atomic E-state index is 5.68. The molecule has 1 fully saturated rings. The van der Waals surface area contributed by atoms with Gasteiger partial charge in [0.1, 0.15) is 0 Å². The van der Waals surface area contributed by atoms with E-state index in [2.05, 4.69) is 37.9 Å². The maximum Gasteiger partial charge on any atom is 0.0593 e. The molecule has 17 heavy (non-hydrogen) atoms. The fraction of sp³-hybridized carbons (Fsp3) is 1.00. The summed E-state index contributed by atoms with van der Waals surface area (Å²) >= 11 is 0. The van der Waals surface area contributed by atoms with E-state index in [9.17, 15) is 0 Å². The third kappa shape index (κ3) is 7.02. The Hall–Kier alpha value is -0.120. The molecule has 1 aliphatic heterocycles. The minimum Gasteiger partial charge on any atom is -0.380 e. The Balaban J connectivity index is 2.23. The molecule has 0 amide bonds. The molecule has 1 N–H and O–H groups in total. The fourth-order valence-corrected chi connectivity index (χ4v) is 2.36. The van der Waals surface area contributed by atoms with Crippen molar-refractivity contribution in [2.24, 2.45) is 17.8 Å². The molecular formula is C14H30N2O. The van der Waals surface area contributed by atoms with E-state index in [4.69, 9.17) is 4.74 Å². The smallest absolute Gasteiger partial charge is 0.0593 e. The third-order valence-corrected chi connectivity index (χ3v) is 3.13. The van der Waals surface area contributed by atoms with Crippen LogP contribution in [0.1, 0.15) is 27.7 Å². The van der Waals surface area contributed by atoms with Crippen LogP contribution in [-0.4, -0.2) is 50.8 Å². The van der Waals surface area contributed by atoms with Crippen molar-refractivity contribution in [1.29, 1.82) is 0 Å². The molecule has 1 rings (SSSR count). The molecule has 2 atom stereocenters. The van der Waals surface area contributed by atoms with Crippen LogP contribution in [0, 0.1) is 17.8 Å². The molecule has 0 aromatic rings. The van der Waals surface area contributed by atoms with Gasteiger partial charge in [0, 0.05) is 26.2 Å². The third-order valence-electron chi connectivity index (χ3n) is 3.13. The van der Waals surface area contributed by atoms with Crippen molar-refractivity contribution in [2.45, 2.75) is 27.7 Å². The van der Waals surface area contributed by atoms with Crippen molar-refractivity contribution in [3.8, 4) is 0 Å². The summed E-state index contributed by atoms with van der Waals surface area (Å²) in [6.07, 6.45) is 0. The monoisotopic (exact) mass is 242 g/mol. The highest BCUT2D eigenvalue weighted by Gasteiger charge is 2.16. The Morgan fingerprint density at radius 3 is 2.29 bits per heavy atom. The number of nitrogens with one attached hydrogen (secondary N) is 1. The van der Waals surface area contributed by atoms with E-state index < -0.39 is 0 Å². The molecule has 0 aliphatic carbocycles. The van der Waals surface area contributed by atoms with Gasteiger partial charge in [-0.15, -0.1) is 0 Å². The minimum atomic E-state index is 0.643. The van der Waals surface area contributed by atoms with Gasteiger partial charge in [0.05, 0.1) is 6.61 Å². The molecule has 0 aromatic heterocycles. The summed E-state index contributed by atoms with van der Waals surface area (Å²) in [6.45, 7) is 16.6. The quantitative estimate of drug-likeness (QED) is 0.745. The summed E-state index contributed by atoms with van der Waals surface area (Å²) < 4.78 is 5.68. The van der Waals surface area contributed by atoms with Crippen molar-refractivity contribution in [3.05, 3.63) is 0 Å². The average molecular weight is 242 g/mol. The van der Waals surface area contributed by atoms with E-state index in [1.54, 1.807) is 0 Å². The zero-order valence-corrected chi connectivity index (χ0v) is 12.0.